The molecule has 31 heavy (non-hydrogen) atoms. The third-order valence-corrected chi connectivity index (χ3v) is 5.69. The number of aromatic amines is 1. The molecule has 2 heterocycles. The number of nitrogens with one attached hydrogen (secondary N) is 2. The summed E-state index contributed by atoms with van der Waals surface area (Å²) in [5, 5.41) is 10.3. The predicted molar refractivity (Wildman–Crippen MR) is 119 cm³/mol. The molecule has 2 amide bonds. The van der Waals surface area contributed by atoms with Crippen molar-refractivity contribution >= 4 is 35.0 Å². The van der Waals surface area contributed by atoms with E-state index >= 15 is 0 Å². The van der Waals surface area contributed by atoms with E-state index in [1.54, 1.807) is 17.0 Å². The van der Waals surface area contributed by atoms with Crippen LogP contribution in [0.25, 0.3) is 0 Å². The van der Waals surface area contributed by atoms with E-state index in [2.05, 4.69) is 20.5 Å². The average Bonchev–Trinajstić information content (AvgIpc) is 3.41. The first-order valence-electron chi connectivity index (χ1n) is 10.0. The molecule has 0 aliphatic carbocycles. The highest BCUT2D eigenvalue weighted by molar-refractivity contribution is 7.99. The monoisotopic (exact) mass is 437 g/mol. The molecule has 8 nitrogen and oxygen atoms in total. The Morgan fingerprint density at radius 3 is 2.77 bits per heavy atom. The molecule has 1 aliphatic rings. The lowest BCUT2D eigenvalue weighted by Crippen LogP contribution is -2.23. The molecule has 160 valence electrons. The third-order valence-electron chi connectivity index (χ3n) is 4.84. The van der Waals surface area contributed by atoms with Crippen LogP contribution in [0, 0.1) is 6.92 Å². The normalized spacial score (nSPS) is 13.5. The molecule has 1 fully saturated rings. The molecule has 0 spiro atoms. The number of amides is 2. The number of hydrogen-bond donors (Lipinski definition) is 2. The zero-order valence-electron chi connectivity index (χ0n) is 17.1. The Labute approximate surface area is 184 Å². The number of thioether (sulfide) groups is 1. The summed E-state index contributed by atoms with van der Waals surface area (Å²) in [7, 11) is 0. The van der Waals surface area contributed by atoms with Gasteiger partial charge in [-0.2, -0.15) is 0 Å². The quantitative estimate of drug-likeness (QED) is 0.523. The number of anilines is 2. The van der Waals surface area contributed by atoms with Crippen LogP contribution in [0.2, 0.25) is 0 Å². The Kier molecular flexibility index (Phi) is 6.51. The first-order chi connectivity index (χ1) is 15.1. The highest BCUT2D eigenvalue weighted by Crippen LogP contribution is 2.23. The van der Waals surface area contributed by atoms with Gasteiger partial charge in [-0.25, -0.2) is 4.98 Å². The number of ether oxygens (including phenoxy) is 1. The number of aromatic nitrogens is 3. The fraction of sp³-hybridized carbons (Fsp3) is 0.273. The SMILES string of the molecule is Cc1ccccc1OCc1nc(SCC(=O)Nc2ccc(N3CCCC3=O)cc2)n[nH]1. The van der Waals surface area contributed by atoms with Gasteiger partial charge >= 0.3 is 0 Å². The fourth-order valence-electron chi connectivity index (χ4n) is 3.24. The van der Waals surface area contributed by atoms with E-state index in [9.17, 15) is 9.59 Å². The van der Waals surface area contributed by atoms with Gasteiger partial charge < -0.3 is 15.0 Å². The average molecular weight is 438 g/mol. The molecule has 3 aromatic rings. The van der Waals surface area contributed by atoms with Gasteiger partial charge in [0.05, 0.1) is 5.75 Å². The van der Waals surface area contributed by atoms with E-state index in [4.69, 9.17) is 4.74 Å². The van der Waals surface area contributed by atoms with E-state index < -0.39 is 0 Å². The number of rotatable bonds is 8. The molecule has 0 unspecified atom stereocenters. The van der Waals surface area contributed by atoms with Crippen molar-refractivity contribution in [2.45, 2.75) is 31.5 Å². The first-order valence-corrected chi connectivity index (χ1v) is 11.0. The van der Waals surface area contributed by atoms with Crippen molar-refractivity contribution in [3.8, 4) is 5.75 Å². The number of hydrogen-bond acceptors (Lipinski definition) is 6. The Bertz CT molecular complexity index is 1070. The summed E-state index contributed by atoms with van der Waals surface area (Å²) in [4.78, 5) is 30.2. The maximum atomic E-state index is 12.2. The molecule has 0 bridgehead atoms. The zero-order valence-corrected chi connectivity index (χ0v) is 17.9. The van der Waals surface area contributed by atoms with Crippen molar-refractivity contribution in [2.75, 3.05) is 22.5 Å². The van der Waals surface area contributed by atoms with Gasteiger partial charge in [-0.1, -0.05) is 30.0 Å². The topological polar surface area (TPSA) is 100 Å². The molecule has 1 aromatic heterocycles. The van der Waals surface area contributed by atoms with Crippen LogP contribution in [0.1, 0.15) is 24.2 Å². The Morgan fingerprint density at radius 2 is 2.03 bits per heavy atom. The van der Waals surface area contributed by atoms with E-state index in [0.29, 0.717) is 23.1 Å². The molecule has 0 saturated carbocycles. The van der Waals surface area contributed by atoms with Gasteiger partial charge in [-0.3, -0.25) is 14.7 Å². The molecular formula is C22H23N5O3S. The van der Waals surface area contributed by atoms with Crippen molar-refractivity contribution < 1.29 is 14.3 Å². The summed E-state index contributed by atoms with van der Waals surface area (Å²) >= 11 is 1.24. The number of benzene rings is 2. The molecule has 9 heteroatoms. The molecule has 4 rings (SSSR count). The van der Waals surface area contributed by atoms with Crippen LogP contribution in [0.3, 0.4) is 0 Å². The minimum Gasteiger partial charge on any atom is -0.485 e. The highest BCUT2D eigenvalue weighted by atomic mass is 32.2. The molecule has 0 radical (unpaired) electrons. The summed E-state index contributed by atoms with van der Waals surface area (Å²) < 4.78 is 5.75. The lowest BCUT2D eigenvalue weighted by atomic mass is 10.2. The summed E-state index contributed by atoms with van der Waals surface area (Å²) in [5.41, 5.74) is 2.59. The van der Waals surface area contributed by atoms with Crippen LogP contribution in [0.5, 0.6) is 5.75 Å². The first kappa shape index (κ1) is 20.9. The van der Waals surface area contributed by atoms with Crippen molar-refractivity contribution in [3.63, 3.8) is 0 Å². The van der Waals surface area contributed by atoms with Crippen LogP contribution in [0.4, 0.5) is 11.4 Å². The van der Waals surface area contributed by atoms with E-state index in [1.165, 1.54) is 11.8 Å². The Morgan fingerprint density at radius 1 is 1.23 bits per heavy atom. The van der Waals surface area contributed by atoms with Gasteiger partial charge in [-0.05, 0) is 49.2 Å². The second-order valence-electron chi connectivity index (χ2n) is 7.15. The molecule has 1 saturated heterocycles. The van der Waals surface area contributed by atoms with Gasteiger partial charge in [0.15, 0.2) is 5.82 Å². The number of carbonyl (C=O) groups excluding carboxylic acids is 2. The van der Waals surface area contributed by atoms with Crippen molar-refractivity contribution in [2.24, 2.45) is 0 Å². The highest BCUT2D eigenvalue weighted by Gasteiger charge is 2.21. The van der Waals surface area contributed by atoms with Gasteiger partial charge in [0.1, 0.15) is 12.4 Å². The van der Waals surface area contributed by atoms with Crippen molar-refractivity contribution in [1.82, 2.24) is 15.2 Å². The molecule has 0 atom stereocenters. The van der Waals surface area contributed by atoms with Gasteiger partial charge in [0.2, 0.25) is 17.0 Å². The lowest BCUT2D eigenvalue weighted by molar-refractivity contribution is -0.117. The lowest BCUT2D eigenvalue weighted by Gasteiger charge is -2.16. The standard InChI is InChI=1S/C22H23N5O3S/c1-15-5-2-3-6-18(15)30-13-19-24-22(26-25-19)31-14-20(28)23-16-8-10-17(11-9-16)27-12-4-7-21(27)29/h2-3,5-6,8-11H,4,7,12-14H2,1H3,(H,23,28)(H,24,25,26). The summed E-state index contributed by atoms with van der Waals surface area (Å²) in [5.74, 6) is 1.56. The van der Waals surface area contributed by atoms with Gasteiger partial charge in [0, 0.05) is 24.3 Å². The van der Waals surface area contributed by atoms with Crippen molar-refractivity contribution in [3.05, 3.63) is 59.9 Å². The Balaban J connectivity index is 1.24. The third kappa shape index (κ3) is 5.43. The second kappa shape index (κ2) is 9.65. The molecule has 2 N–H and O–H groups in total. The van der Waals surface area contributed by atoms with Crippen LogP contribution < -0.4 is 15.0 Å². The molecular weight excluding hydrogens is 414 g/mol. The van der Waals surface area contributed by atoms with E-state index in [-0.39, 0.29) is 24.2 Å². The predicted octanol–water partition coefficient (Wildman–Crippen LogP) is 3.55. The maximum Gasteiger partial charge on any atom is 0.234 e. The van der Waals surface area contributed by atoms with E-state index in [1.807, 2.05) is 43.3 Å². The second-order valence-corrected chi connectivity index (χ2v) is 8.09. The Hall–Kier alpha value is -3.33. The largest absolute Gasteiger partial charge is 0.485 e. The van der Waals surface area contributed by atoms with Gasteiger partial charge in [0.25, 0.3) is 0 Å². The summed E-state index contributed by atoms with van der Waals surface area (Å²) in [6.45, 7) is 3.00. The number of aryl methyl sites for hydroxylation is 1. The minimum atomic E-state index is -0.155. The maximum absolute atomic E-state index is 12.2. The summed E-state index contributed by atoms with van der Waals surface area (Å²) in [6, 6.07) is 15.1. The molecule has 1 aliphatic heterocycles. The van der Waals surface area contributed by atoms with Crippen LogP contribution in [-0.2, 0) is 16.2 Å². The zero-order chi connectivity index (χ0) is 21.6. The van der Waals surface area contributed by atoms with Gasteiger partial charge in [-0.15, -0.1) is 5.10 Å². The van der Waals surface area contributed by atoms with E-state index in [0.717, 1.165) is 30.0 Å². The van der Waals surface area contributed by atoms with Crippen LogP contribution in [-0.4, -0.2) is 39.3 Å². The fourth-order valence-corrected chi connectivity index (χ4v) is 3.86. The molecule has 2 aromatic carbocycles. The minimum absolute atomic E-state index is 0.142. The van der Waals surface area contributed by atoms with Crippen LogP contribution in [0.15, 0.2) is 53.7 Å². The number of H-pyrrole nitrogens is 1. The number of nitrogens with zero attached hydrogens (tertiary/aromatic N) is 3. The summed E-state index contributed by atoms with van der Waals surface area (Å²) in [6.07, 6.45) is 1.48. The number of carbonyl (C=O) groups is 2. The van der Waals surface area contributed by atoms with Crippen molar-refractivity contribution in [1.29, 1.82) is 0 Å². The smallest absolute Gasteiger partial charge is 0.234 e. The number of para-hydroxylation sites is 1. The van der Waals surface area contributed by atoms with Crippen LogP contribution >= 0.6 is 11.8 Å².